The molecule has 1 saturated heterocycles. The van der Waals surface area contributed by atoms with Crippen molar-refractivity contribution in [3.05, 3.63) is 35.9 Å². The number of carbonyl (C=O) groups excluding carboxylic acids is 1. The lowest BCUT2D eigenvalue weighted by atomic mass is 10.2. The predicted octanol–water partition coefficient (Wildman–Crippen LogP) is 1.82. The Morgan fingerprint density at radius 3 is 2.73 bits per heavy atom. The van der Waals surface area contributed by atoms with Crippen molar-refractivity contribution in [3.8, 4) is 0 Å². The largest absolute Gasteiger partial charge is 0.285 e. The van der Waals surface area contributed by atoms with E-state index in [-0.39, 0.29) is 5.91 Å². The number of hydrogen-bond donors (Lipinski definition) is 1. The van der Waals surface area contributed by atoms with Gasteiger partial charge in [-0.15, -0.1) is 0 Å². The van der Waals surface area contributed by atoms with Crippen LogP contribution in [0, 0.1) is 0 Å². The van der Waals surface area contributed by atoms with Crippen molar-refractivity contribution in [2.75, 3.05) is 6.54 Å². The Hall–Kier alpha value is -1.35. The van der Waals surface area contributed by atoms with E-state index >= 15 is 0 Å². The molecule has 1 fully saturated rings. The monoisotopic (exact) mass is 204 g/mol. The van der Waals surface area contributed by atoms with Crippen LogP contribution in [0.25, 0.3) is 0 Å². The zero-order valence-corrected chi connectivity index (χ0v) is 8.94. The molecular weight excluding hydrogens is 188 g/mol. The molecule has 0 aliphatic carbocycles. The molecule has 0 spiro atoms. The van der Waals surface area contributed by atoms with E-state index in [9.17, 15) is 4.79 Å². The topological polar surface area (TPSA) is 32.3 Å². The average Bonchev–Trinajstić information content (AvgIpc) is 2.66. The molecule has 1 aromatic carbocycles. The quantitative estimate of drug-likeness (QED) is 0.797. The molecule has 3 nitrogen and oxygen atoms in total. The van der Waals surface area contributed by atoms with Crippen molar-refractivity contribution in [1.29, 1.82) is 0 Å². The van der Waals surface area contributed by atoms with Crippen LogP contribution >= 0.6 is 0 Å². The van der Waals surface area contributed by atoms with Gasteiger partial charge in [-0.2, -0.15) is 0 Å². The highest BCUT2D eigenvalue weighted by Crippen LogP contribution is 2.13. The number of nitrogens with zero attached hydrogens (tertiary/aromatic N) is 1. The van der Waals surface area contributed by atoms with Gasteiger partial charge in [-0.1, -0.05) is 18.2 Å². The zero-order valence-electron chi connectivity index (χ0n) is 8.94. The highest BCUT2D eigenvalue weighted by Gasteiger charge is 2.21. The molecule has 15 heavy (non-hydrogen) atoms. The number of nitrogens with one attached hydrogen (secondary N) is 1. The van der Waals surface area contributed by atoms with E-state index in [4.69, 9.17) is 0 Å². The molecule has 1 N–H and O–H groups in total. The third-order valence-electron chi connectivity index (χ3n) is 2.83. The Balaban J connectivity index is 1.98. The van der Waals surface area contributed by atoms with Gasteiger partial charge in [0.1, 0.15) is 0 Å². The summed E-state index contributed by atoms with van der Waals surface area (Å²) in [6.07, 6.45) is 2.32. The molecule has 0 saturated carbocycles. The normalized spacial score (nSPS) is 21.5. The Bertz CT molecular complexity index is 337. The summed E-state index contributed by atoms with van der Waals surface area (Å²) in [5, 5.41) is 2.02. The van der Waals surface area contributed by atoms with Crippen molar-refractivity contribution in [3.63, 3.8) is 0 Å². The third kappa shape index (κ3) is 2.36. The maximum atomic E-state index is 11.8. The highest BCUT2D eigenvalue weighted by atomic mass is 16.2. The van der Waals surface area contributed by atoms with E-state index < -0.39 is 0 Å². The van der Waals surface area contributed by atoms with Crippen LogP contribution in [0.4, 0.5) is 0 Å². The van der Waals surface area contributed by atoms with Gasteiger partial charge in [0.25, 0.3) is 5.91 Å². The molecule has 1 aromatic rings. The fourth-order valence-corrected chi connectivity index (χ4v) is 1.88. The second-order valence-electron chi connectivity index (χ2n) is 3.99. The molecule has 1 aliphatic rings. The van der Waals surface area contributed by atoms with E-state index in [0.717, 1.165) is 24.9 Å². The number of rotatable bonds is 2. The van der Waals surface area contributed by atoms with Crippen LogP contribution < -0.4 is 5.43 Å². The van der Waals surface area contributed by atoms with Crippen molar-refractivity contribution in [1.82, 2.24) is 10.4 Å². The molecule has 0 radical (unpaired) electrons. The van der Waals surface area contributed by atoms with E-state index in [1.807, 2.05) is 35.3 Å². The molecule has 3 heteroatoms. The molecule has 80 valence electrons. The Labute approximate surface area is 90.1 Å². The Kier molecular flexibility index (Phi) is 3.02. The van der Waals surface area contributed by atoms with Gasteiger partial charge in [0, 0.05) is 18.2 Å². The van der Waals surface area contributed by atoms with Gasteiger partial charge < -0.3 is 0 Å². The fraction of sp³-hybridized carbons (Fsp3) is 0.417. The summed E-state index contributed by atoms with van der Waals surface area (Å²) in [6.45, 7) is 3.10. The van der Waals surface area contributed by atoms with Gasteiger partial charge in [0.05, 0.1) is 0 Å². The summed E-state index contributed by atoms with van der Waals surface area (Å²) in [4.78, 5) is 11.8. The molecule has 1 aliphatic heterocycles. The van der Waals surface area contributed by atoms with Crippen LogP contribution in [0.1, 0.15) is 30.1 Å². The van der Waals surface area contributed by atoms with Gasteiger partial charge >= 0.3 is 0 Å². The second kappa shape index (κ2) is 4.45. The lowest BCUT2D eigenvalue weighted by Crippen LogP contribution is -2.43. The summed E-state index contributed by atoms with van der Waals surface area (Å²) >= 11 is 0. The Morgan fingerprint density at radius 1 is 1.40 bits per heavy atom. The fourth-order valence-electron chi connectivity index (χ4n) is 1.88. The van der Waals surface area contributed by atoms with Gasteiger partial charge in [0.15, 0.2) is 0 Å². The first-order valence-electron chi connectivity index (χ1n) is 5.40. The second-order valence-corrected chi connectivity index (χ2v) is 3.99. The van der Waals surface area contributed by atoms with Crippen molar-refractivity contribution in [2.45, 2.75) is 25.8 Å². The summed E-state index contributed by atoms with van der Waals surface area (Å²) in [5.74, 6) is -0.00986. The van der Waals surface area contributed by atoms with Crippen LogP contribution in [0.15, 0.2) is 30.3 Å². The molecular formula is C12H16N2O. The predicted molar refractivity (Wildman–Crippen MR) is 59.3 cm³/mol. The van der Waals surface area contributed by atoms with E-state index in [1.165, 1.54) is 0 Å². The summed E-state index contributed by atoms with van der Waals surface area (Å²) in [5.41, 5.74) is 3.66. The van der Waals surface area contributed by atoms with Crippen molar-refractivity contribution >= 4 is 5.91 Å². The number of benzene rings is 1. The summed E-state index contributed by atoms with van der Waals surface area (Å²) < 4.78 is 0. The Morgan fingerprint density at radius 2 is 2.13 bits per heavy atom. The lowest BCUT2D eigenvalue weighted by Gasteiger charge is -2.21. The lowest BCUT2D eigenvalue weighted by molar-refractivity contribution is 0.0777. The number of carbonyl (C=O) groups is 1. The van der Waals surface area contributed by atoms with Gasteiger partial charge in [-0.25, -0.2) is 5.01 Å². The minimum Gasteiger partial charge on any atom is -0.285 e. The minimum absolute atomic E-state index is 0.00986. The van der Waals surface area contributed by atoms with E-state index in [1.54, 1.807) is 0 Å². The zero-order chi connectivity index (χ0) is 10.7. The molecule has 1 amide bonds. The maximum absolute atomic E-state index is 11.8. The van der Waals surface area contributed by atoms with E-state index in [2.05, 4.69) is 12.3 Å². The van der Waals surface area contributed by atoms with Crippen LogP contribution in [0.2, 0.25) is 0 Å². The molecule has 1 atom stereocenters. The summed E-state index contributed by atoms with van der Waals surface area (Å²) in [6, 6.07) is 9.78. The first-order valence-corrected chi connectivity index (χ1v) is 5.40. The molecule has 1 heterocycles. The van der Waals surface area contributed by atoms with Crippen LogP contribution in [-0.2, 0) is 0 Å². The van der Waals surface area contributed by atoms with Gasteiger partial charge in [-0.3, -0.25) is 10.2 Å². The van der Waals surface area contributed by atoms with Crippen LogP contribution in [-0.4, -0.2) is 23.5 Å². The first kappa shape index (κ1) is 10.2. The molecule has 0 aromatic heterocycles. The molecule has 0 bridgehead atoms. The van der Waals surface area contributed by atoms with Crippen molar-refractivity contribution in [2.24, 2.45) is 0 Å². The third-order valence-corrected chi connectivity index (χ3v) is 2.83. The molecule has 1 unspecified atom stereocenters. The number of hydrogen-bond acceptors (Lipinski definition) is 2. The number of hydrazine groups is 1. The van der Waals surface area contributed by atoms with Crippen LogP contribution in [0.5, 0.6) is 0 Å². The summed E-state index contributed by atoms with van der Waals surface area (Å²) in [7, 11) is 0. The minimum atomic E-state index is -0.00986. The first-order chi connectivity index (χ1) is 7.27. The molecule has 2 rings (SSSR count). The van der Waals surface area contributed by atoms with Gasteiger partial charge in [-0.05, 0) is 31.9 Å². The van der Waals surface area contributed by atoms with Gasteiger partial charge in [0.2, 0.25) is 0 Å². The van der Waals surface area contributed by atoms with Crippen LogP contribution in [0.3, 0.4) is 0 Å². The number of amides is 1. The van der Waals surface area contributed by atoms with Crippen molar-refractivity contribution < 1.29 is 4.79 Å². The maximum Gasteiger partial charge on any atom is 0.265 e. The SMILES string of the molecule is CC1CCCN1NC(=O)c1ccccc1. The van der Waals surface area contributed by atoms with E-state index in [0.29, 0.717) is 6.04 Å². The standard InChI is InChI=1S/C12H16N2O/c1-10-6-5-9-14(10)13-12(15)11-7-3-2-4-8-11/h2-4,7-8,10H,5-6,9H2,1H3,(H,13,15). The smallest absolute Gasteiger partial charge is 0.265 e. The highest BCUT2D eigenvalue weighted by molar-refractivity contribution is 5.93. The average molecular weight is 204 g/mol.